The van der Waals surface area contributed by atoms with Gasteiger partial charge in [-0.05, 0) is 218 Å². The molecule has 17 rings (SSSR count). The number of hydrogen-bond acceptors (Lipinski definition) is 20. The minimum Gasteiger partial charge on any atom is -0.500 e. The fourth-order valence-corrected chi connectivity index (χ4v) is 22.4. The van der Waals surface area contributed by atoms with Gasteiger partial charge in [-0.25, -0.2) is 31.8 Å². The number of hydrazone groups is 1. The Bertz CT molecular complexity index is 6180. The van der Waals surface area contributed by atoms with Crippen LogP contribution < -0.4 is 24.4 Å². The predicted octanol–water partition coefficient (Wildman–Crippen LogP) is 22.7. The Morgan fingerprint density at radius 3 is 2.07 bits per heavy atom. The van der Waals surface area contributed by atoms with Crippen molar-refractivity contribution in [2.45, 2.75) is 137 Å². The third kappa shape index (κ3) is 26.3. The molecule has 134 heavy (non-hydrogen) atoms. The predicted molar refractivity (Wildman–Crippen MR) is 534 cm³/mol. The highest BCUT2D eigenvalue weighted by molar-refractivity contribution is 9.10. The number of piperidine rings is 1. The van der Waals surface area contributed by atoms with E-state index in [4.69, 9.17) is 63.6 Å². The van der Waals surface area contributed by atoms with Crippen molar-refractivity contribution < 1.29 is 63.7 Å². The number of aryl methyl sites for hydroxylation is 1. The fraction of sp³-hybridized carbons (Fsp3) is 0.327. The molecule has 1 saturated carbocycles. The van der Waals surface area contributed by atoms with E-state index in [0.29, 0.717) is 92.8 Å². The Morgan fingerprint density at radius 1 is 0.739 bits per heavy atom. The van der Waals surface area contributed by atoms with Gasteiger partial charge in [0.2, 0.25) is 25.8 Å². The molecule has 4 aliphatic carbocycles. The summed E-state index contributed by atoms with van der Waals surface area (Å²) in [5.74, 6) is 0.894. The standard InChI is InChI=1S/C24H26N2O4.C21H26ClNO3S.C20H22Cl2N4.C19H18F2N2O3S2.C17H16BrNO2S2/c1-15(27)26-21(19-9-5-7-16-8-6-10-22(29-3)24(16)19)14-20(25-26)18-12-11-17(28-2)13-23(18)30-4;1-21(2,26-18-7-5-16(22)6-8-18)20(24)23(17-10-13-25-14-11-17)12-9-19-4-3-15-27-19;1-13(25-17-6-2-5-16(21)20(17)22)15-4-3-9-26(11-15)19-10-18(14-7-8-14)23-12-24-19;1-22-10-4-6-14(22)12-23(13-15-7-5-11-27-15)18(24)16-8-2-3-9-17(16)28(25,26)19(20)21;18-16-9-3-4-10-17(16)23(20,21)19(12-14-6-1-2-7-14)13-15-8-5-11-22-15/h5-13,16,21,24H,14H2,1-4H3;3-8,15,17H,9-14H2,1-2H3;2,5-6,10,12,14-15,25H,1,3-4,7-9,11H2;2-11,19H,12-13H2,1H3;1,3-11H,2,12-13H2. The lowest BCUT2D eigenvalue weighted by atomic mass is 9.74. The minimum atomic E-state index is -4.90. The van der Waals surface area contributed by atoms with Gasteiger partial charge in [0.25, 0.3) is 11.8 Å². The maximum atomic E-state index is 13.4. The normalized spacial score (nSPS) is 17.5. The van der Waals surface area contributed by atoms with Crippen LogP contribution in [0, 0.1) is 17.8 Å². The molecule has 0 spiro atoms. The number of allylic oxidation sites excluding steroid dienone is 9. The average Bonchev–Trinajstić information content (AvgIpc) is 1.60. The molecule has 33 heteroatoms. The van der Waals surface area contributed by atoms with Gasteiger partial charge in [0.15, 0.2) is 5.60 Å². The maximum Gasteiger partial charge on any atom is 0.341 e. The van der Waals surface area contributed by atoms with Gasteiger partial charge in [-0.2, -0.15) is 18.2 Å². The zero-order valence-corrected chi connectivity index (χ0v) is 83.3. The first-order chi connectivity index (χ1) is 64.5. The van der Waals surface area contributed by atoms with Gasteiger partial charge in [0.1, 0.15) is 35.2 Å². The lowest BCUT2D eigenvalue weighted by molar-refractivity contribution is -0.149. The maximum absolute atomic E-state index is 13.4. The second kappa shape index (κ2) is 47.4. The van der Waals surface area contributed by atoms with Gasteiger partial charge < -0.3 is 48.3 Å². The number of carbonyl (C=O) groups excluding carboxylic acids is 3. The number of sulfonamides is 1. The molecule has 2 saturated heterocycles. The van der Waals surface area contributed by atoms with Crippen LogP contribution in [0.1, 0.15) is 120 Å². The van der Waals surface area contributed by atoms with E-state index in [1.54, 1.807) is 115 Å². The number of thiophene rings is 3. The lowest BCUT2D eigenvalue weighted by Crippen LogP contribution is -2.54. The van der Waals surface area contributed by atoms with Gasteiger partial charge in [0.05, 0.1) is 77.3 Å². The van der Waals surface area contributed by atoms with Crippen LogP contribution in [0.5, 0.6) is 17.2 Å². The van der Waals surface area contributed by atoms with E-state index >= 15 is 0 Å². The first-order valence-corrected chi connectivity index (χ1v) is 51.5. The van der Waals surface area contributed by atoms with E-state index in [0.717, 1.165) is 119 Å². The summed E-state index contributed by atoms with van der Waals surface area (Å²) < 4.78 is 109. The summed E-state index contributed by atoms with van der Waals surface area (Å²) in [5.41, 5.74) is 6.42. The number of carbonyl (C=O) groups is 3. The molecule has 10 aromatic rings. The minimum absolute atomic E-state index is 0.0147. The summed E-state index contributed by atoms with van der Waals surface area (Å²) in [5, 5.41) is 17.3. The van der Waals surface area contributed by atoms with E-state index in [1.165, 1.54) is 57.8 Å². The molecule has 0 radical (unpaired) electrons. The molecule has 3 aliphatic heterocycles. The number of aromatic nitrogens is 3. The third-order valence-electron chi connectivity index (χ3n) is 23.6. The van der Waals surface area contributed by atoms with Crippen molar-refractivity contribution in [1.82, 2.24) is 33.6 Å². The highest BCUT2D eigenvalue weighted by Gasteiger charge is 2.43. The van der Waals surface area contributed by atoms with Crippen LogP contribution in [0.25, 0.3) is 0 Å². The molecular formula is C101H108BrCl3F2N10O12S5. The second-order valence-electron chi connectivity index (χ2n) is 33.2. The second-order valence-corrected chi connectivity index (χ2v) is 42.1. The molecule has 1 N–H and O–H groups in total. The van der Waals surface area contributed by atoms with Crippen molar-refractivity contribution in [3.63, 3.8) is 0 Å². The van der Waals surface area contributed by atoms with Crippen LogP contribution in [0.15, 0.2) is 296 Å². The molecule has 5 aromatic heterocycles. The number of nitrogens with zero attached hydrogens (tertiary/aromatic N) is 9. The van der Waals surface area contributed by atoms with Crippen LogP contribution in [-0.2, 0) is 72.0 Å². The van der Waals surface area contributed by atoms with E-state index in [-0.39, 0.29) is 54.4 Å². The van der Waals surface area contributed by atoms with Crippen molar-refractivity contribution in [1.29, 1.82) is 0 Å². The summed E-state index contributed by atoms with van der Waals surface area (Å²) in [7, 11) is -1.71. The first kappa shape index (κ1) is 101. The topological polar surface area (TPSA) is 237 Å². The van der Waals surface area contributed by atoms with Crippen molar-refractivity contribution in [3.8, 4) is 17.2 Å². The van der Waals surface area contributed by atoms with Gasteiger partial charge >= 0.3 is 5.76 Å². The molecular weight excluding hydrogens is 1930 g/mol. The SMILES string of the molecule is C=C(Nc1cccc(Cl)c1Cl)C1CCCN(c2cc(C3CC3)ncn2)C1.CC(C)(Oc1ccc(Cl)cc1)C(=O)N(CCc1cccs1)C1CCOCC1.COC1=CC=CC2C=CC=C(C3CC(c4ccc(OC)cc4OC)=NN3C(C)=O)C12.Cn1cccc1CN(Cc1cccs1)C(=O)c1ccccc1S(=O)(=O)C(F)F.O=S(=O)(c1ccccc1Br)N(CC1=CCC=C1)Cc1cccs1. The van der Waals surface area contributed by atoms with Crippen LogP contribution in [0.3, 0.4) is 0 Å². The van der Waals surface area contributed by atoms with Crippen molar-refractivity contribution in [2.24, 2.45) is 29.9 Å². The number of methoxy groups -OCH3 is 3. The van der Waals surface area contributed by atoms with E-state index in [2.05, 4.69) is 90.6 Å². The number of halogens is 6. The van der Waals surface area contributed by atoms with Crippen LogP contribution in [0.2, 0.25) is 15.1 Å². The zero-order chi connectivity index (χ0) is 95.2. The quantitative estimate of drug-likeness (QED) is 0.0440. The summed E-state index contributed by atoms with van der Waals surface area (Å²) in [6, 6.07) is 48.0. The van der Waals surface area contributed by atoms with Crippen molar-refractivity contribution in [3.05, 3.63) is 333 Å². The van der Waals surface area contributed by atoms with E-state index in [9.17, 15) is 40.0 Å². The third-order valence-corrected chi connectivity index (χ3v) is 31.6. The Balaban J connectivity index is 0.000000142. The highest BCUT2D eigenvalue weighted by Crippen LogP contribution is 2.45. The van der Waals surface area contributed by atoms with E-state index in [1.807, 2.05) is 150 Å². The monoisotopic (exact) mass is 2030 g/mol. The summed E-state index contributed by atoms with van der Waals surface area (Å²) in [4.78, 5) is 56.7. The van der Waals surface area contributed by atoms with Gasteiger partial charge in [-0.15, -0.1) is 34.0 Å². The Morgan fingerprint density at radius 2 is 1.43 bits per heavy atom. The lowest BCUT2D eigenvalue weighted by Gasteiger charge is -2.39. The molecule has 7 aliphatic rings. The smallest absolute Gasteiger partial charge is 0.341 e. The first-order valence-electron chi connectivity index (χ1n) is 43.9. The van der Waals surface area contributed by atoms with Crippen LogP contribution in [-0.4, -0.2) is 158 Å². The van der Waals surface area contributed by atoms with Gasteiger partial charge in [-0.1, -0.05) is 139 Å². The molecule has 22 nitrogen and oxygen atoms in total. The zero-order valence-electron chi connectivity index (χ0n) is 75.4. The number of alkyl halides is 2. The molecule has 5 aromatic carbocycles. The molecule has 706 valence electrons. The number of benzene rings is 5. The van der Waals surface area contributed by atoms with E-state index < -0.39 is 42.0 Å². The van der Waals surface area contributed by atoms with Crippen molar-refractivity contribution >= 4 is 140 Å². The molecule has 4 atom stereocenters. The Hall–Kier alpha value is -10.4. The van der Waals surface area contributed by atoms with Crippen LogP contribution >= 0.6 is 84.7 Å². The van der Waals surface area contributed by atoms with Gasteiger partial charge in [0, 0.05) is 161 Å². The number of ether oxygens (including phenoxy) is 5. The molecule has 8 heterocycles. The highest BCUT2D eigenvalue weighted by atomic mass is 79.9. The number of fused-ring (bicyclic) bond motifs is 1. The molecule has 4 unspecified atom stereocenters. The fourth-order valence-electron chi connectivity index (χ4n) is 16.4. The number of sulfone groups is 1. The molecule has 0 bridgehead atoms. The Labute approximate surface area is 818 Å². The number of amides is 3. The molecule has 3 fully saturated rings. The number of nitrogens with one attached hydrogen (secondary N) is 1. The van der Waals surface area contributed by atoms with Crippen LogP contribution in [0.4, 0.5) is 20.3 Å². The largest absolute Gasteiger partial charge is 0.500 e. The summed E-state index contributed by atoms with van der Waals surface area (Å²) >= 11 is 26.5. The summed E-state index contributed by atoms with van der Waals surface area (Å²) in [6.45, 7) is 14.7. The number of rotatable bonds is 30. The van der Waals surface area contributed by atoms with Crippen molar-refractivity contribution in [2.75, 3.05) is 70.9 Å². The summed E-state index contributed by atoms with van der Waals surface area (Å²) in [6.07, 6.45) is 30.9. The number of hydrogen-bond donors (Lipinski definition) is 1. The molecule has 3 amide bonds. The average molecular weight is 2040 g/mol. The Kier molecular flexibility index (Phi) is 35.8. The van der Waals surface area contributed by atoms with Gasteiger partial charge in [-0.3, -0.25) is 14.4 Å². The number of anilines is 2.